The third kappa shape index (κ3) is 7.98. The number of carbonyl (C=O) groups is 3. The van der Waals surface area contributed by atoms with Crippen molar-refractivity contribution in [2.45, 2.75) is 6.61 Å². The second-order valence-corrected chi connectivity index (χ2v) is 8.09. The number of carbonyl (C=O) groups excluding carboxylic acids is 3. The van der Waals surface area contributed by atoms with Crippen LogP contribution in [0.25, 0.3) is 18.2 Å². The first-order chi connectivity index (χ1) is 17.9. The smallest absolute Gasteiger partial charge is 0.174 e. The van der Waals surface area contributed by atoms with Crippen LogP contribution in [0.3, 0.4) is 0 Å². The van der Waals surface area contributed by atoms with E-state index in [0.717, 1.165) is 16.7 Å². The highest BCUT2D eigenvalue weighted by Crippen LogP contribution is 2.16. The van der Waals surface area contributed by atoms with Gasteiger partial charge in [0.15, 0.2) is 17.3 Å². The van der Waals surface area contributed by atoms with Gasteiger partial charge in [0.2, 0.25) is 0 Å². The molecule has 6 nitrogen and oxygen atoms in total. The van der Waals surface area contributed by atoms with Crippen molar-refractivity contribution in [3.8, 4) is 11.5 Å². The summed E-state index contributed by atoms with van der Waals surface area (Å²) in [4.78, 5) is 39.1. The molecule has 3 aromatic rings. The molecule has 1 N–H and O–H groups in total. The van der Waals surface area contributed by atoms with Crippen molar-refractivity contribution < 1.29 is 29.0 Å². The fourth-order valence-electron chi connectivity index (χ4n) is 3.41. The Morgan fingerprint density at radius 2 is 0.946 bits per heavy atom. The van der Waals surface area contributed by atoms with E-state index in [9.17, 15) is 19.5 Å². The monoisotopic (exact) mass is 496 g/mol. The molecule has 0 aromatic heterocycles. The van der Waals surface area contributed by atoms with Crippen LogP contribution in [-0.4, -0.2) is 36.7 Å². The van der Waals surface area contributed by atoms with E-state index in [2.05, 4.69) is 0 Å². The number of aliphatic hydroxyl groups excluding tert-OH is 1. The van der Waals surface area contributed by atoms with E-state index in [1.807, 2.05) is 0 Å². The Kier molecular flexibility index (Phi) is 9.88. The van der Waals surface area contributed by atoms with Gasteiger partial charge in [-0.15, -0.1) is 0 Å². The fraction of sp³-hybridized carbons (Fsp3) is 0.129. The maximum Gasteiger partial charge on any atom is 0.174 e. The SMILES string of the molecule is COc1ccc(/C=C/C(=O)C(C(=O)/C=C/c2ccc(CO)cc2)C(=O)/C=C/c2ccc(OC)cc2)cc1. The second-order valence-electron chi connectivity index (χ2n) is 8.09. The maximum atomic E-state index is 13.0. The summed E-state index contributed by atoms with van der Waals surface area (Å²) < 4.78 is 10.3. The molecular formula is C31H28O6. The van der Waals surface area contributed by atoms with E-state index in [4.69, 9.17) is 9.47 Å². The predicted molar refractivity (Wildman–Crippen MR) is 144 cm³/mol. The quantitative estimate of drug-likeness (QED) is 0.282. The van der Waals surface area contributed by atoms with Crippen LogP contribution in [0.4, 0.5) is 0 Å². The third-order valence-corrected chi connectivity index (χ3v) is 5.57. The van der Waals surface area contributed by atoms with Gasteiger partial charge in [0.05, 0.1) is 20.8 Å². The molecule has 0 aliphatic carbocycles. The first kappa shape index (κ1) is 27.0. The Balaban J connectivity index is 1.83. The summed E-state index contributed by atoms with van der Waals surface area (Å²) in [6.07, 6.45) is 8.37. The van der Waals surface area contributed by atoms with Crippen LogP contribution in [-0.2, 0) is 21.0 Å². The van der Waals surface area contributed by atoms with E-state index in [-0.39, 0.29) is 6.61 Å². The summed E-state index contributed by atoms with van der Waals surface area (Å²) in [6, 6.07) is 21.0. The lowest BCUT2D eigenvalue weighted by Crippen LogP contribution is -2.28. The Bertz CT molecular complexity index is 1130. The molecule has 0 aliphatic heterocycles. The summed E-state index contributed by atoms with van der Waals surface area (Å²) in [7, 11) is 3.12. The molecule has 6 heteroatoms. The molecule has 0 atom stereocenters. The first-order valence-electron chi connectivity index (χ1n) is 11.6. The zero-order valence-corrected chi connectivity index (χ0v) is 20.7. The lowest BCUT2D eigenvalue weighted by atomic mass is 9.92. The Morgan fingerprint density at radius 1 is 0.622 bits per heavy atom. The zero-order chi connectivity index (χ0) is 26.6. The molecule has 0 fully saturated rings. The Labute approximate surface area is 216 Å². The Morgan fingerprint density at radius 3 is 1.24 bits per heavy atom. The normalized spacial score (nSPS) is 11.5. The number of ether oxygens (including phenoxy) is 2. The number of aliphatic hydroxyl groups is 1. The lowest BCUT2D eigenvalue weighted by molar-refractivity contribution is -0.134. The van der Waals surface area contributed by atoms with Crippen LogP contribution in [0.1, 0.15) is 22.3 Å². The third-order valence-electron chi connectivity index (χ3n) is 5.57. The molecule has 0 heterocycles. The molecule has 3 aromatic carbocycles. The highest BCUT2D eigenvalue weighted by atomic mass is 16.5. The van der Waals surface area contributed by atoms with Crippen molar-refractivity contribution in [3.63, 3.8) is 0 Å². The average molecular weight is 497 g/mol. The van der Waals surface area contributed by atoms with Crippen molar-refractivity contribution in [2.75, 3.05) is 14.2 Å². The van der Waals surface area contributed by atoms with E-state index < -0.39 is 23.3 Å². The van der Waals surface area contributed by atoms with Crippen molar-refractivity contribution >= 4 is 35.6 Å². The highest BCUT2D eigenvalue weighted by molar-refractivity contribution is 6.28. The number of hydrogen-bond acceptors (Lipinski definition) is 6. The molecule has 0 spiro atoms. The number of allylic oxidation sites excluding steroid dienone is 3. The molecule has 0 radical (unpaired) electrons. The molecule has 0 saturated carbocycles. The molecule has 3 rings (SSSR count). The summed E-state index contributed by atoms with van der Waals surface area (Å²) in [5.74, 6) is -2.03. The summed E-state index contributed by atoms with van der Waals surface area (Å²) in [5.41, 5.74) is 2.88. The van der Waals surface area contributed by atoms with Gasteiger partial charge in [-0.25, -0.2) is 0 Å². The molecule has 0 amide bonds. The van der Waals surface area contributed by atoms with Crippen LogP contribution in [0.5, 0.6) is 11.5 Å². The van der Waals surface area contributed by atoms with Crippen molar-refractivity contribution in [1.82, 2.24) is 0 Å². The number of benzene rings is 3. The number of rotatable bonds is 12. The first-order valence-corrected chi connectivity index (χ1v) is 11.6. The fourth-order valence-corrected chi connectivity index (χ4v) is 3.41. The van der Waals surface area contributed by atoms with Gasteiger partial charge in [0.25, 0.3) is 0 Å². The molecule has 0 aliphatic rings. The number of ketones is 3. The summed E-state index contributed by atoms with van der Waals surface area (Å²) in [6.45, 7) is -0.0882. The highest BCUT2D eigenvalue weighted by Gasteiger charge is 2.29. The van der Waals surface area contributed by atoms with Crippen molar-refractivity contribution in [3.05, 3.63) is 113 Å². The minimum atomic E-state index is -1.52. The molecule has 37 heavy (non-hydrogen) atoms. The van der Waals surface area contributed by atoms with E-state index in [1.54, 1.807) is 99.2 Å². The molecular weight excluding hydrogens is 468 g/mol. The van der Waals surface area contributed by atoms with Gasteiger partial charge in [-0.05, 0) is 64.7 Å². The second kappa shape index (κ2) is 13.5. The lowest BCUT2D eigenvalue weighted by Gasteiger charge is -2.08. The van der Waals surface area contributed by atoms with Gasteiger partial charge in [0.1, 0.15) is 17.4 Å². The van der Waals surface area contributed by atoms with Crippen molar-refractivity contribution in [1.29, 1.82) is 0 Å². The Hall–Kier alpha value is -4.55. The molecule has 188 valence electrons. The minimum Gasteiger partial charge on any atom is -0.497 e. The summed E-state index contributed by atoms with van der Waals surface area (Å²) in [5, 5.41) is 9.19. The van der Waals surface area contributed by atoms with E-state index >= 15 is 0 Å². The topological polar surface area (TPSA) is 89.9 Å². The van der Waals surface area contributed by atoms with Gasteiger partial charge >= 0.3 is 0 Å². The number of hydrogen-bond donors (Lipinski definition) is 1. The standard InChI is InChI=1S/C31H28O6/c1-36-26-14-7-23(8-15-26)12-19-29(34)31(28(33)18-11-22-3-5-25(21-32)6-4-22)30(35)20-13-24-9-16-27(37-2)17-10-24/h3-20,31-32H,21H2,1-2H3/b18-11+,19-12+,20-13+. The van der Waals surface area contributed by atoms with Gasteiger partial charge in [-0.3, -0.25) is 14.4 Å². The summed E-state index contributed by atoms with van der Waals surface area (Å²) >= 11 is 0. The van der Waals surface area contributed by atoms with Gasteiger partial charge in [-0.1, -0.05) is 66.8 Å². The maximum absolute atomic E-state index is 13.0. The van der Waals surface area contributed by atoms with Crippen LogP contribution in [0.15, 0.2) is 91.0 Å². The van der Waals surface area contributed by atoms with Gasteiger partial charge < -0.3 is 14.6 Å². The van der Waals surface area contributed by atoms with Crippen LogP contribution < -0.4 is 9.47 Å². The molecule has 0 saturated heterocycles. The average Bonchev–Trinajstić information content (AvgIpc) is 2.94. The van der Waals surface area contributed by atoms with Gasteiger partial charge in [-0.2, -0.15) is 0 Å². The van der Waals surface area contributed by atoms with E-state index in [0.29, 0.717) is 17.1 Å². The zero-order valence-electron chi connectivity index (χ0n) is 20.7. The van der Waals surface area contributed by atoms with Crippen LogP contribution in [0, 0.1) is 5.92 Å². The molecule has 0 bridgehead atoms. The molecule has 0 unspecified atom stereocenters. The largest absolute Gasteiger partial charge is 0.497 e. The minimum absolute atomic E-state index is 0.0882. The van der Waals surface area contributed by atoms with Crippen LogP contribution >= 0.6 is 0 Å². The van der Waals surface area contributed by atoms with Gasteiger partial charge in [0, 0.05) is 0 Å². The van der Waals surface area contributed by atoms with E-state index in [1.165, 1.54) is 24.3 Å². The number of methoxy groups -OCH3 is 2. The predicted octanol–water partition coefficient (Wildman–Crippen LogP) is 4.96. The van der Waals surface area contributed by atoms with Crippen molar-refractivity contribution in [2.24, 2.45) is 5.92 Å². The van der Waals surface area contributed by atoms with Crippen LogP contribution in [0.2, 0.25) is 0 Å².